The maximum Gasteiger partial charge on any atom is 0.191 e. The highest BCUT2D eigenvalue weighted by Crippen LogP contribution is 2.16. The Morgan fingerprint density at radius 2 is 2.14 bits per heavy atom. The lowest BCUT2D eigenvalue weighted by molar-refractivity contribution is 0.145. The van der Waals surface area contributed by atoms with Crippen LogP contribution in [0.3, 0.4) is 0 Å². The first-order chi connectivity index (χ1) is 10.2. The quantitative estimate of drug-likeness (QED) is 0.426. The van der Waals surface area contributed by atoms with Crippen LogP contribution in [0.4, 0.5) is 4.39 Å². The molecule has 0 radical (unpaired) electrons. The molecule has 6 heteroatoms. The molecule has 0 heterocycles. The van der Waals surface area contributed by atoms with Crippen LogP contribution < -0.4 is 10.6 Å². The Bertz CT molecular complexity index is 455. The molecule has 1 aromatic rings. The fraction of sp³-hybridized carbons (Fsp3) is 0.533. The van der Waals surface area contributed by atoms with Gasteiger partial charge >= 0.3 is 0 Å². The minimum Gasteiger partial charge on any atom is -0.382 e. The molecule has 2 N–H and O–H groups in total. The van der Waals surface area contributed by atoms with Gasteiger partial charge in [0.25, 0.3) is 0 Å². The first-order valence-corrected chi connectivity index (χ1v) is 8.00. The summed E-state index contributed by atoms with van der Waals surface area (Å²) >= 11 is 3.14. The molecule has 118 valence electrons. The second-order valence-electron chi connectivity index (χ2n) is 4.42. The number of nitrogens with one attached hydrogen (secondary N) is 2. The smallest absolute Gasteiger partial charge is 0.191 e. The van der Waals surface area contributed by atoms with Gasteiger partial charge in [-0.2, -0.15) is 0 Å². The van der Waals surface area contributed by atoms with Crippen LogP contribution in [0.5, 0.6) is 0 Å². The molecule has 0 aliphatic rings. The molecule has 0 amide bonds. The summed E-state index contributed by atoms with van der Waals surface area (Å²) < 4.78 is 19.2. The van der Waals surface area contributed by atoms with E-state index in [1.54, 1.807) is 6.07 Å². The van der Waals surface area contributed by atoms with Crippen molar-refractivity contribution in [1.29, 1.82) is 0 Å². The van der Waals surface area contributed by atoms with Gasteiger partial charge in [-0.1, -0.05) is 6.07 Å². The molecule has 0 spiro atoms. The third-order valence-corrected chi connectivity index (χ3v) is 3.35. The van der Waals surface area contributed by atoms with Gasteiger partial charge in [-0.15, -0.1) is 0 Å². The van der Waals surface area contributed by atoms with Crippen molar-refractivity contribution >= 4 is 21.9 Å². The number of hydrogen-bond donors (Lipinski definition) is 2. The van der Waals surface area contributed by atoms with E-state index in [4.69, 9.17) is 4.74 Å². The van der Waals surface area contributed by atoms with Gasteiger partial charge in [0.15, 0.2) is 5.96 Å². The molecule has 0 fully saturated rings. The summed E-state index contributed by atoms with van der Waals surface area (Å²) in [5.74, 6) is 0.467. The monoisotopic (exact) mass is 359 g/mol. The number of aliphatic imine (C=N–C) groups is 1. The van der Waals surface area contributed by atoms with E-state index in [0.29, 0.717) is 11.0 Å². The number of ether oxygens (including phenoxy) is 1. The first-order valence-electron chi connectivity index (χ1n) is 7.21. The largest absolute Gasteiger partial charge is 0.382 e. The standard InChI is InChI=1S/C15H23BrFN3O/c1-3-18-15(19-8-5-9-21-4-2)20-11-12-6-7-13(16)14(17)10-12/h6-7,10H,3-5,8-9,11H2,1-2H3,(H2,18,19,20). The zero-order valence-electron chi connectivity index (χ0n) is 12.6. The summed E-state index contributed by atoms with van der Waals surface area (Å²) in [7, 11) is 0. The molecule has 0 bridgehead atoms. The zero-order valence-corrected chi connectivity index (χ0v) is 14.2. The zero-order chi connectivity index (χ0) is 15.5. The molecule has 0 atom stereocenters. The molecule has 0 aromatic heterocycles. The Balaban J connectivity index is 2.48. The minimum atomic E-state index is -0.266. The predicted octanol–water partition coefficient (Wildman–Crippen LogP) is 3.07. The lowest BCUT2D eigenvalue weighted by atomic mass is 10.2. The third-order valence-electron chi connectivity index (χ3n) is 2.71. The number of hydrogen-bond acceptors (Lipinski definition) is 2. The number of nitrogens with zero attached hydrogens (tertiary/aromatic N) is 1. The van der Waals surface area contributed by atoms with Gasteiger partial charge in [0.05, 0.1) is 11.0 Å². The molecule has 0 saturated carbocycles. The van der Waals surface area contributed by atoms with Gasteiger partial charge in [-0.3, -0.25) is 0 Å². The highest BCUT2D eigenvalue weighted by molar-refractivity contribution is 9.10. The molecule has 0 saturated heterocycles. The van der Waals surface area contributed by atoms with Gasteiger partial charge in [0.2, 0.25) is 0 Å². The van der Waals surface area contributed by atoms with Crippen molar-refractivity contribution in [3.8, 4) is 0 Å². The predicted molar refractivity (Wildman–Crippen MR) is 88.0 cm³/mol. The van der Waals surface area contributed by atoms with Crippen molar-refractivity contribution in [2.45, 2.75) is 26.8 Å². The molecule has 4 nitrogen and oxygen atoms in total. The van der Waals surface area contributed by atoms with Crippen molar-refractivity contribution in [2.24, 2.45) is 4.99 Å². The molecule has 0 unspecified atom stereocenters. The summed E-state index contributed by atoms with van der Waals surface area (Å²) in [5.41, 5.74) is 0.835. The van der Waals surface area contributed by atoms with E-state index in [1.807, 2.05) is 19.9 Å². The van der Waals surface area contributed by atoms with E-state index in [0.717, 1.165) is 44.2 Å². The average Bonchev–Trinajstić information content (AvgIpc) is 2.48. The normalized spacial score (nSPS) is 11.5. The topological polar surface area (TPSA) is 45.7 Å². The highest BCUT2D eigenvalue weighted by atomic mass is 79.9. The maximum absolute atomic E-state index is 13.4. The van der Waals surface area contributed by atoms with E-state index in [-0.39, 0.29) is 5.82 Å². The Morgan fingerprint density at radius 1 is 1.33 bits per heavy atom. The van der Waals surface area contributed by atoms with Gasteiger partial charge < -0.3 is 15.4 Å². The van der Waals surface area contributed by atoms with Crippen LogP contribution in [0.15, 0.2) is 27.7 Å². The van der Waals surface area contributed by atoms with Crippen LogP contribution in [-0.2, 0) is 11.3 Å². The Labute approximate surface area is 134 Å². The fourth-order valence-corrected chi connectivity index (χ4v) is 1.92. The summed E-state index contributed by atoms with van der Waals surface area (Å²) in [6.45, 7) is 7.48. The van der Waals surface area contributed by atoms with Crippen molar-refractivity contribution < 1.29 is 9.13 Å². The molecule has 0 aliphatic carbocycles. The van der Waals surface area contributed by atoms with Crippen molar-refractivity contribution in [3.05, 3.63) is 34.1 Å². The van der Waals surface area contributed by atoms with E-state index >= 15 is 0 Å². The highest BCUT2D eigenvalue weighted by Gasteiger charge is 2.01. The average molecular weight is 360 g/mol. The van der Waals surface area contributed by atoms with E-state index < -0.39 is 0 Å². The Morgan fingerprint density at radius 3 is 2.81 bits per heavy atom. The Hall–Kier alpha value is -1.14. The van der Waals surface area contributed by atoms with Crippen molar-refractivity contribution in [2.75, 3.05) is 26.3 Å². The molecular weight excluding hydrogens is 337 g/mol. The van der Waals surface area contributed by atoms with Crippen LogP contribution >= 0.6 is 15.9 Å². The molecular formula is C15H23BrFN3O. The molecule has 1 aromatic carbocycles. The van der Waals surface area contributed by atoms with Gasteiger partial charge in [0, 0.05) is 26.3 Å². The lowest BCUT2D eigenvalue weighted by Gasteiger charge is -2.11. The Kier molecular flexibility index (Phi) is 9.01. The maximum atomic E-state index is 13.4. The number of guanidine groups is 1. The SMILES string of the molecule is CCNC(=NCc1ccc(Br)c(F)c1)NCCCOCC. The van der Waals surface area contributed by atoms with E-state index in [9.17, 15) is 4.39 Å². The van der Waals surface area contributed by atoms with Crippen LogP contribution in [0.1, 0.15) is 25.8 Å². The van der Waals surface area contributed by atoms with Crippen LogP contribution in [-0.4, -0.2) is 32.3 Å². The van der Waals surface area contributed by atoms with Crippen LogP contribution in [0.2, 0.25) is 0 Å². The van der Waals surface area contributed by atoms with E-state index in [2.05, 4.69) is 31.6 Å². The lowest BCUT2D eigenvalue weighted by Crippen LogP contribution is -2.38. The van der Waals surface area contributed by atoms with Crippen molar-refractivity contribution in [3.63, 3.8) is 0 Å². The van der Waals surface area contributed by atoms with Crippen LogP contribution in [0, 0.1) is 5.82 Å². The van der Waals surface area contributed by atoms with Gasteiger partial charge in [-0.05, 0) is 53.9 Å². The molecule has 21 heavy (non-hydrogen) atoms. The first kappa shape index (κ1) is 17.9. The second-order valence-corrected chi connectivity index (χ2v) is 5.28. The summed E-state index contributed by atoms with van der Waals surface area (Å²) in [4.78, 5) is 4.44. The third kappa shape index (κ3) is 7.43. The number of benzene rings is 1. The fourth-order valence-electron chi connectivity index (χ4n) is 1.68. The van der Waals surface area contributed by atoms with Gasteiger partial charge in [-0.25, -0.2) is 9.38 Å². The molecule has 1 rings (SSSR count). The summed E-state index contributed by atoms with van der Waals surface area (Å²) in [6.07, 6.45) is 0.922. The summed E-state index contributed by atoms with van der Waals surface area (Å²) in [6, 6.07) is 5.05. The minimum absolute atomic E-state index is 0.266. The second kappa shape index (κ2) is 10.6. The van der Waals surface area contributed by atoms with Crippen molar-refractivity contribution in [1.82, 2.24) is 10.6 Å². The van der Waals surface area contributed by atoms with Crippen LogP contribution in [0.25, 0.3) is 0 Å². The van der Waals surface area contributed by atoms with E-state index in [1.165, 1.54) is 6.07 Å². The number of rotatable bonds is 8. The molecule has 0 aliphatic heterocycles. The van der Waals surface area contributed by atoms with Gasteiger partial charge in [0.1, 0.15) is 5.82 Å². The number of halogens is 2. The summed E-state index contributed by atoms with van der Waals surface area (Å²) in [5, 5.41) is 6.40.